The molecule has 0 aliphatic carbocycles. The van der Waals surface area contributed by atoms with Crippen molar-refractivity contribution in [3.05, 3.63) is 54.4 Å². The Morgan fingerprint density at radius 2 is 2.14 bits per heavy atom. The molecule has 0 unspecified atom stereocenters. The van der Waals surface area contributed by atoms with E-state index >= 15 is 0 Å². The van der Waals surface area contributed by atoms with Gasteiger partial charge in [0.25, 0.3) is 5.91 Å². The maximum absolute atomic E-state index is 13.0. The summed E-state index contributed by atoms with van der Waals surface area (Å²) in [5, 5.41) is 4.27. The molecule has 0 radical (unpaired) electrons. The van der Waals surface area contributed by atoms with Crippen LogP contribution in [0.25, 0.3) is 0 Å². The first kappa shape index (κ1) is 13.8. The van der Waals surface area contributed by atoms with Crippen molar-refractivity contribution in [1.82, 2.24) is 14.7 Å². The van der Waals surface area contributed by atoms with Gasteiger partial charge in [0.1, 0.15) is 0 Å². The predicted octanol–water partition coefficient (Wildman–Crippen LogP) is 1.72. The number of rotatable bonds is 3. The second-order valence-electron chi connectivity index (χ2n) is 5.26. The van der Waals surface area contributed by atoms with Gasteiger partial charge in [-0.05, 0) is 18.6 Å². The van der Waals surface area contributed by atoms with E-state index in [2.05, 4.69) is 5.10 Å². The summed E-state index contributed by atoms with van der Waals surface area (Å²) in [6.45, 7) is 3.84. The van der Waals surface area contributed by atoms with E-state index in [1.165, 1.54) is 0 Å². The highest BCUT2D eigenvalue weighted by Gasteiger charge is 2.30. The van der Waals surface area contributed by atoms with E-state index in [1.807, 2.05) is 54.4 Å². The number of carbonyl (C=O) groups is 1. The normalized spacial score (nSPS) is 20.2. The third-order valence-corrected chi connectivity index (χ3v) is 3.69. The maximum atomic E-state index is 13.0. The van der Waals surface area contributed by atoms with Gasteiger partial charge in [-0.25, -0.2) is 0 Å². The van der Waals surface area contributed by atoms with Gasteiger partial charge in [-0.15, -0.1) is 0 Å². The molecule has 2 atom stereocenters. The van der Waals surface area contributed by atoms with E-state index < -0.39 is 6.04 Å². The number of hydrogen-bond donors (Lipinski definition) is 0. The molecule has 1 aromatic heterocycles. The molecular formula is C16H19N3O2. The summed E-state index contributed by atoms with van der Waals surface area (Å²) in [5.74, 6) is 0.0695. The number of nitrogens with zero attached hydrogens (tertiary/aromatic N) is 3. The van der Waals surface area contributed by atoms with Gasteiger partial charge in [0.05, 0.1) is 12.7 Å². The highest BCUT2D eigenvalue weighted by Crippen LogP contribution is 2.21. The molecule has 2 aromatic rings. The van der Waals surface area contributed by atoms with Crippen molar-refractivity contribution >= 4 is 5.91 Å². The summed E-state index contributed by atoms with van der Waals surface area (Å²) < 4.78 is 7.24. The molecular weight excluding hydrogens is 266 g/mol. The van der Waals surface area contributed by atoms with Gasteiger partial charge in [0.15, 0.2) is 6.04 Å². The summed E-state index contributed by atoms with van der Waals surface area (Å²) in [4.78, 5) is 14.8. The van der Waals surface area contributed by atoms with Crippen LogP contribution in [-0.4, -0.2) is 46.4 Å². The average molecular weight is 285 g/mol. The summed E-state index contributed by atoms with van der Waals surface area (Å²) in [5.41, 5.74) is 0.949. The zero-order chi connectivity index (χ0) is 14.7. The molecule has 0 spiro atoms. The van der Waals surface area contributed by atoms with Gasteiger partial charge in [-0.1, -0.05) is 30.3 Å². The SMILES string of the molecule is C[C@H]1CN(C(=O)[C@@H](c2ccccc2)n2cccn2)CCO1. The van der Waals surface area contributed by atoms with E-state index in [0.29, 0.717) is 19.7 Å². The lowest BCUT2D eigenvalue weighted by atomic mass is 10.1. The van der Waals surface area contributed by atoms with Gasteiger partial charge < -0.3 is 9.64 Å². The smallest absolute Gasteiger partial charge is 0.252 e. The van der Waals surface area contributed by atoms with Crippen LogP contribution in [-0.2, 0) is 9.53 Å². The highest BCUT2D eigenvalue weighted by molar-refractivity contribution is 5.83. The largest absolute Gasteiger partial charge is 0.375 e. The lowest BCUT2D eigenvalue weighted by molar-refractivity contribution is -0.140. The van der Waals surface area contributed by atoms with Crippen LogP contribution in [0.2, 0.25) is 0 Å². The maximum Gasteiger partial charge on any atom is 0.252 e. The predicted molar refractivity (Wildman–Crippen MR) is 78.8 cm³/mol. The molecule has 1 amide bonds. The average Bonchev–Trinajstić information content (AvgIpc) is 3.02. The van der Waals surface area contributed by atoms with Crippen LogP contribution in [0.4, 0.5) is 0 Å². The molecule has 0 N–H and O–H groups in total. The van der Waals surface area contributed by atoms with Gasteiger partial charge >= 0.3 is 0 Å². The van der Waals surface area contributed by atoms with E-state index in [-0.39, 0.29) is 12.0 Å². The molecule has 5 nitrogen and oxygen atoms in total. The van der Waals surface area contributed by atoms with E-state index in [9.17, 15) is 4.79 Å². The van der Waals surface area contributed by atoms with E-state index in [0.717, 1.165) is 5.56 Å². The summed E-state index contributed by atoms with van der Waals surface area (Å²) in [6.07, 6.45) is 3.61. The Morgan fingerprint density at radius 3 is 2.81 bits per heavy atom. The first-order valence-electron chi connectivity index (χ1n) is 7.20. The standard InChI is InChI=1S/C16H19N3O2/c1-13-12-18(10-11-21-13)16(20)15(19-9-5-8-17-19)14-6-3-2-4-7-14/h2-9,13,15H,10-12H2,1H3/t13-,15+/m0/s1. The number of morpholine rings is 1. The van der Waals surface area contributed by atoms with Crippen molar-refractivity contribution in [3.63, 3.8) is 0 Å². The molecule has 1 aliphatic heterocycles. The minimum absolute atomic E-state index is 0.0695. The molecule has 21 heavy (non-hydrogen) atoms. The zero-order valence-corrected chi connectivity index (χ0v) is 12.1. The molecule has 1 fully saturated rings. The lowest BCUT2D eigenvalue weighted by Crippen LogP contribution is -2.47. The van der Waals surface area contributed by atoms with Crippen LogP contribution >= 0.6 is 0 Å². The van der Waals surface area contributed by atoms with Crippen molar-refractivity contribution in [2.45, 2.75) is 19.1 Å². The number of ether oxygens (including phenoxy) is 1. The minimum atomic E-state index is -0.411. The van der Waals surface area contributed by atoms with Crippen molar-refractivity contribution in [3.8, 4) is 0 Å². The molecule has 1 saturated heterocycles. The molecule has 0 bridgehead atoms. The highest BCUT2D eigenvalue weighted by atomic mass is 16.5. The Labute approximate surface area is 124 Å². The van der Waals surface area contributed by atoms with Crippen LogP contribution < -0.4 is 0 Å². The second kappa shape index (κ2) is 6.10. The Hall–Kier alpha value is -2.14. The minimum Gasteiger partial charge on any atom is -0.375 e. The first-order valence-corrected chi connectivity index (χ1v) is 7.20. The Kier molecular flexibility index (Phi) is 4.01. The van der Waals surface area contributed by atoms with Crippen LogP contribution in [0.15, 0.2) is 48.8 Å². The lowest BCUT2D eigenvalue weighted by Gasteiger charge is -2.33. The van der Waals surface area contributed by atoms with Crippen molar-refractivity contribution in [2.24, 2.45) is 0 Å². The van der Waals surface area contributed by atoms with Crippen molar-refractivity contribution < 1.29 is 9.53 Å². The summed E-state index contributed by atoms with van der Waals surface area (Å²) in [7, 11) is 0. The summed E-state index contributed by atoms with van der Waals surface area (Å²) in [6, 6.07) is 11.2. The fourth-order valence-electron chi connectivity index (χ4n) is 2.67. The van der Waals surface area contributed by atoms with Gasteiger partial charge in [-0.3, -0.25) is 9.48 Å². The molecule has 1 aliphatic rings. The molecule has 5 heteroatoms. The quantitative estimate of drug-likeness (QED) is 0.862. The molecule has 3 rings (SSSR count). The van der Waals surface area contributed by atoms with Gasteiger partial charge in [0, 0.05) is 25.5 Å². The van der Waals surface area contributed by atoms with Crippen molar-refractivity contribution in [2.75, 3.05) is 19.7 Å². The Morgan fingerprint density at radius 1 is 1.33 bits per heavy atom. The van der Waals surface area contributed by atoms with Crippen molar-refractivity contribution in [1.29, 1.82) is 0 Å². The second-order valence-corrected chi connectivity index (χ2v) is 5.26. The van der Waals surface area contributed by atoms with Gasteiger partial charge in [-0.2, -0.15) is 5.10 Å². The third kappa shape index (κ3) is 2.97. The van der Waals surface area contributed by atoms with Crippen LogP contribution in [0.1, 0.15) is 18.5 Å². The molecule has 0 saturated carbocycles. The number of amides is 1. The fraction of sp³-hybridized carbons (Fsp3) is 0.375. The number of carbonyl (C=O) groups excluding carboxylic acids is 1. The van der Waals surface area contributed by atoms with E-state index in [4.69, 9.17) is 4.74 Å². The first-order chi connectivity index (χ1) is 10.3. The fourth-order valence-corrected chi connectivity index (χ4v) is 2.67. The Bertz CT molecular complexity index is 583. The monoisotopic (exact) mass is 285 g/mol. The van der Waals surface area contributed by atoms with Gasteiger partial charge in [0.2, 0.25) is 0 Å². The number of hydrogen-bond acceptors (Lipinski definition) is 3. The van der Waals surface area contributed by atoms with Crippen LogP contribution in [0.3, 0.4) is 0 Å². The molecule has 2 heterocycles. The number of aromatic nitrogens is 2. The zero-order valence-electron chi connectivity index (χ0n) is 12.1. The number of benzene rings is 1. The molecule has 1 aromatic carbocycles. The topological polar surface area (TPSA) is 47.4 Å². The van der Waals surface area contributed by atoms with E-state index in [1.54, 1.807) is 10.9 Å². The third-order valence-electron chi connectivity index (χ3n) is 3.69. The Balaban J connectivity index is 1.90. The molecule has 110 valence electrons. The summed E-state index contributed by atoms with van der Waals surface area (Å²) >= 11 is 0. The van der Waals surface area contributed by atoms with Crippen LogP contribution in [0.5, 0.6) is 0 Å². The van der Waals surface area contributed by atoms with Crippen LogP contribution in [0, 0.1) is 0 Å².